The zero-order valence-electron chi connectivity index (χ0n) is 14.6. The quantitative estimate of drug-likeness (QED) is 0.411. The van der Waals surface area contributed by atoms with Gasteiger partial charge in [-0.15, -0.1) is 6.58 Å². The fourth-order valence-corrected chi connectivity index (χ4v) is 4.70. The summed E-state index contributed by atoms with van der Waals surface area (Å²) >= 11 is 19.0. The van der Waals surface area contributed by atoms with Crippen LogP contribution in [0.3, 0.4) is 0 Å². The zero-order chi connectivity index (χ0) is 20.5. The van der Waals surface area contributed by atoms with E-state index in [0.717, 1.165) is 30.7 Å². The molecule has 152 valence electrons. The van der Waals surface area contributed by atoms with Crippen LogP contribution in [-0.4, -0.2) is 23.0 Å². The Morgan fingerprint density at radius 2 is 1.89 bits per heavy atom. The van der Waals surface area contributed by atoms with Gasteiger partial charge in [-0.3, -0.25) is 4.90 Å². The van der Waals surface area contributed by atoms with Gasteiger partial charge in [-0.05, 0) is 30.9 Å². The third kappa shape index (κ3) is 5.54. The molecule has 0 unspecified atom stereocenters. The lowest BCUT2D eigenvalue weighted by molar-refractivity contribution is -0.141. The number of anilines is 2. The molecule has 1 fully saturated rings. The second kappa shape index (κ2) is 8.79. The van der Waals surface area contributed by atoms with Gasteiger partial charge in [0, 0.05) is 24.7 Å². The smallest absolute Gasteiger partial charge is 0.329 e. The van der Waals surface area contributed by atoms with E-state index in [1.807, 2.05) is 4.90 Å². The average molecular weight is 471 g/mol. The number of halogens is 6. The third-order valence-electron chi connectivity index (χ3n) is 4.17. The molecule has 3 nitrogen and oxygen atoms in total. The van der Waals surface area contributed by atoms with E-state index >= 15 is 0 Å². The molecule has 0 saturated heterocycles. The van der Waals surface area contributed by atoms with Gasteiger partial charge in [0.25, 0.3) is 0 Å². The Bertz CT molecular complexity index is 842. The van der Waals surface area contributed by atoms with Crippen LogP contribution in [0, 0.1) is 5.92 Å². The van der Waals surface area contributed by atoms with Crippen molar-refractivity contribution in [1.82, 2.24) is 9.88 Å². The van der Waals surface area contributed by atoms with E-state index in [1.54, 1.807) is 6.08 Å². The molecule has 1 aromatic carbocycles. The highest BCUT2D eigenvalue weighted by atomic mass is 35.5. The minimum Gasteiger partial charge on any atom is -0.329 e. The monoisotopic (exact) mass is 469 g/mol. The maximum atomic E-state index is 13.5. The van der Waals surface area contributed by atoms with Gasteiger partial charge in [0.1, 0.15) is 0 Å². The van der Waals surface area contributed by atoms with E-state index in [-0.39, 0.29) is 32.3 Å². The number of hydrogen-bond acceptors (Lipinski definition) is 4. The summed E-state index contributed by atoms with van der Waals surface area (Å²) in [7, 11) is 0. The highest BCUT2D eigenvalue weighted by molar-refractivity contribution is 7.15. The standard InChI is InChI=1S/C18H17Cl3F3N3S/c1-2-5-27(8-10-3-4-10)9-14-16(18(22,23)24)26-17(28-14)25-15-12(20)6-11(19)7-13(15)21/h2,6-7,10H,1,3-5,8-9H2,(H,25,26). The van der Waals surface area contributed by atoms with Gasteiger partial charge >= 0.3 is 6.18 Å². The third-order valence-corrected chi connectivity index (χ3v) is 5.94. The SMILES string of the molecule is C=CCN(Cc1sc(Nc2c(Cl)cc(Cl)cc2Cl)nc1C(F)(F)F)CC1CC1. The molecule has 0 radical (unpaired) electrons. The molecule has 0 spiro atoms. The summed E-state index contributed by atoms with van der Waals surface area (Å²) in [4.78, 5) is 5.86. The number of nitrogens with one attached hydrogen (secondary N) is 1. The van der Waals surface area contributed by atoms with E-state index in [9.17, 15) is 13.2 Å². The van der Waals surface area contributed by atoms with Crippen LogP contribution >= 0.6 is 46.1 Å². The van der Waals surface area contributed by atoms with Gasteiger partial charge in [-0.1, -0.05) is 52.2 Å². The number of rotatable bonds is 8. The Balaban J connectivity index is 1.88. The lowest BCUT2D eigenvalue weighted by atomic mass is 10.3. The molecule has 1 aliphatic carbocycles. The van der Waals surface area contributed by atoms with E-state index in [2.05, 4.69) is 16.9 Å². The van der Waals surface area contributed by atoms with Crippen LogP contribution in [0.2, 0.25) is 15.1 Å². The summed E-state index contributed by atoms with van der Waals surface area (Å²) in [6.07, 6.45) is -0.631. The summed E-state index contributed by atoms with van der Waals surface area (Å²) in [5.74, 6) is 0.548. The van der Waals surface area contributed by atoms with Crippen LogP contribution in [-0.2, 0) is 12.7 Å². The Morgan fingerprint density at radius 1 is 1.25 bits per heavy atom. The number of aromatic nitrogens is 1. The molecule has 1 heterocycles. The lowest BCUT2D eigenvalue weighted by Crippen LogP contribution is -2.26. The Hall–Kier alpha value is -0.990. The predicted octanol–water partition coefficient (Wildman–Crippen LogP) is 7.26. The molecule has 28 heavy (non-hydrogen) atoms. The molecule has 1 aliphatic rings. The topological polar surface area (TPSA) is 28.2 Å². The van der Waals surface area contributed by atoms with Gasteiger partial charge in [-0.2, -0.15) is 13.2 Å². The first-order valence-corrected chi connectivity index (χ1v) is 10.4. The van der Waals surface area contributed by atoms with Crippen molar-refractivity contribution in [2.75, 3.05) is 18.4 Å². The fourth-order valence-electron chi connectivity index (χ4n) is 2.76. The fraction of sp³-hybridized carbons (Fsp3) is 0.389. The normalized spacial score (nSPS) is 14.5. The van der Waals surface area contributed by atoms with Crippen LogP contribution in [0.5, 0.6) is 0 Å². The van der Waals surface area contributed by atoms with Gasteiger partial charge < -0.3 is 5.32 Å². The Morgan fingerprint density at radius 3 is 2.43 bits per heavy atom. The molecule has 1 N–H and O–H groups in total. The molecule has 3 rings (SSSR count). The molecule has 0 bridgehead atoms. The highest BCUT2D eigenvalue weighted by Gasteiger charge is 2.38. The first-order chi connectivity index (χ1) is 13.2. The van der Waals surface area contributed by atoms with Crippen LogP contribution in [0.15, 0.2) is 24.8 Å². The lowest BCUT2D eigenvalue weighted by Gasteiger charge is -2.20. The second-order valence-electron chi connectivity index (χ2n) is 6.58. The van der Waals surface area contributed by atoms with Gasteiger partial charge in [0.2, 0.25) is 0 Å². The van der Waals surface area contributed by atoms with E-state index < -0.39 is 11.9 Å². The van der Waals surface area contributed by atoms with Crippen LogP contribution in [0.4, 0.5) is 24.0 Å². The average Bonchev–Trinajstić information content (AvgIpc) is 3.28. The van der Waals surface area contributed by atoms with Crippen molar-refractivity contribution in [2.45, 2.75) is 25.6 Å². The van der Waals surface area contributed by atoms with Crippen molar-refractivity contribution < 1.29 is 13.2 Å². The molecule has 1 saturated carbocycles. The van der Waals surface area contributed by atoms with Gasteiger partial charge in [-0.25, -0.2) is 4.98 Å². The summed E-state index contributed by atoms with van der Waals surface area (Å²) in [5, 5.41) is 3.60. The maximum Gasteiger partial charge on any atom is 0.434 e. The van der Waals surface area contributed by atoms with Crippen LogP contribution in [0.1, 0.15) is 23.4 Å². The summed E-state index contributed by atoms with van der Waals surface area (Å²) in [6.45, 7) is 5.12. The molecule has 0 amide bonds. The first kappa shape index (κ1) is 21.7. The number of nitrogens with zero attached hydrogens (tertiary/aromatic N) is 2. The summed E-state index contributed by atoms with van der Waals surface area (Å²) in [6, 6.07) is 2.91. The first-order valence-electron chi connectivity index (χ1n) is 8.49. The molecular formula is C18H17Cl3F3N3S. The van der Waals surface area contributed by atoms with Crippen molar-refractivity contribution in [2.24, 2.45) is 5.92 Å². The number of thiazole rings is 1. The minimum absolute atomic E-state index is 0.0680. The van der Waals surface area contributed by atoms with Crippen LogP contribution < -0.4 is 5.32 Å². The number of hydrogen-bond donors (Lipinski definition) is 1. The Labute approximate surface area is 180 Å². The second-order valence-corrected chi connectivity index (χ2v) is 8.92. The van der Waals surface area contributed by atoms with Crippen molar-refractivity contribution >= 4 is 57.0 Å². The molecule has 1 aromatic heterocycles. The number of alkyl halides is 3. The molecular weight excluding hydrogens is 454 g/mol. The molecule has 2 aromatic rings. The van der Waals surface area contributed by atoms with Crippen molar-refractivity contribution in [3.8, 4) is 0 Å². The van der Waals surface area contributed by atoms with Crippen molar-refractivity contribution in [1.29, 1.82) is 0 Å². The maximum absolute atomic E-state index is 13.5. The largest absolute Gasteiger partial charge is 0.434 e. The van der Waals surface area contributed by atoms with E-state index in [1.165, 1.54) is 12.1 Å². The van der Waals surface area contributed by atoms with Crippen molar-refractivity contribution in [3.63, 3.8) is 0 Å². The van der Waals surface area contributed by atoms with Gasteiger partial charge in [0.05, 0.1) is 20.6 Å². The van der Waals surface area contributed by atoms with Crippen molar-refractivity contribution in [3.05, 3.63) is 50.4 Å². The van der Waals surface area contributed by atoms with E-state index in [0.29, 0.717) is 17.5 Å². The predicted molar refractivity (Wildman–Crippen MR) is 110 cm³/mol. The molecule has 0 atom stereocenters. The molecule has 10 heteroatoms. The zero-order valence-corrected chi connectivity index (χ0v) is 17.7. The highest BCUT2D eigenvalue weighted by Crippen LogP contribution is 2.41. The van der Waals surface area contributed by atoms with Crippen LogP contribution in [0.25, 0.3) is 0 Å². The van der Waals surface area contributed by atoms with E-state index in [4.69, 9.17) is 34.8 Å². The molecule has 0 aliphatic heterocycles. The summed E-state index contributed by atoms with van der Waals surface area (Å²) < 4.78 is 40.6. The summed E-state index contributed by atoms with van der Waals surface area (Å²) in [5.41, 5.74) is -0.631. The Kier molecular flexibility index (Phi) is 6.82. The number of benzene rings is 1. The minimum atomic E-state index is -4.56. The van der Waals surface area contributed by atoms with Gasteiger partial charge in [0.15, 0.2) is 10.8 Å².